The minimum Gasteiger partial charge on any atom is -0.497 e. The number of hydrogen-bond acceptors (Lipinski definition) is 5. The molecule has 2 aliphatic rings. The van der Waals surface area contributed by atoms with E-state index in [1.165, 1.54) is 0 Å². The largest absolute Gasteiger partial charge is 0.497 e. The van der Waals surface area contributed by atoms with Crippen LogP contribution >= 0.6 is 0 Å². The summed E-state index contributed by atoms with van der Waals surface area (Å²) >= 11 is 0. The average molecular weight is 359 g/mol. The number of benzene rings is 1. The molecule has 26 heavy (non-hydrogen) atoms. The number of ether oxygens (including phenoxy) is 2. The van der Waals surface area contributed by atoms with Crippen molar-refractivity contribution in [1.29, 1.82) is 0 Å². The summed E-state index contributed by atoms with van der Waals surface area (Å²) in [7, 11) is 1.58. The zero-order valence-corrected chi connectivity index (χ0v) is 15.2. The summed E-state index contributed by atoms with van der Waals surface area (Å²) in [5, 5.41) is 5.66. The molecule has 0 bridgehead atoms. The molecule has 7 heteroatoms. The summed E-state index contributed by atoms with van der Waals surface area (Å²) in [6.07, 6.45) is 2.26. The smallest absolute Gasteiger partial charge is 0.338 e. The van der Waals surface area contributed by atoms with Crippen LogP contribution in [0, 0.1) is 0 Å². The molecule has 2 aliphatic heterocycles. The third-order valence-corrected chi connectivity index (χ3v) is 4.66. The van der Waals surface area contributed by atoms with Crippen molar-refractivity contribution in [2.75, 3.05) is 33.4 Å². The van der Waals surface area contributed by atoms with Crippen molar-refractivity contribution in [3.05, 3.63) is 41.1 Å². The second kappa shape index (κ2) is 8.23. The van der Waals surface area contributed by atoms with Crippen molar-refractivity contribution in [3.63, 3.8) is 0 Å². The van der Waals surface area contributed by atoms with Gasteiger partial charge in [-0.05, 0) is 50.6 Å². The number of nitrogens with zero attached hydrogens (tertiary/aromatic N) is 1. The number of likely N-dealkylation sites (tertiary alicyclic amines) is 1. The van der Waals surface area contributed by atoms with Crippen LogP contribution in [0.25, 0.3) is 0 Å². The Morgan fingerprint density at radius 3 is 2.77 bits per heavy atom. The molecule has 2 N–H and O–H groups in total. The van der Waals surface area contributed by atoms with Crippen LogP contribution in [0.3, 0.4) is 0 Å². The predicted octanol–water partition coefficient (Wildman–Crippen LogP) is 1.96. The molecule has 0 saturated carbocycles. The van der Waals surface area contributed by atoms with Gasteiger partial charge in [-0.2, -0.15) is 0 Å². The van der Waals surface area contributed by atoms with Crippen LogP contribution in [-0.4, -0.2) is 50.3 Å². The maximum Gasteiger partial charge on any atom is 0.338 e. The van der Waals surface area contributed by atoms with Crippen LogP contribution in [0.1, 0.15) is 31.4 Å². The third kappa shape index (κ3) is 3.99. The van der Waals surface area contributed by atoms with E-state index in [0.717, 1.165) is 31.5 Å². The van der Waals surface area contributed by atoms with Gasteiger partial charge in [-0.25, -0.2) is 9.59 Å². The molecule has 0 unspecified atom stereocenters. The molecule has 2 heterocycles. The molecule has 1 saturated heterocycles. The lowest BCUT2D eigenvalue weighted by molar-refractivity contribution is -0.139. The quantitative estimate of drug-likeness (QED) is 0.759. The third-order valence-electron chi connectivity index (χ3n) is 4.66. The Kier molecular flexibility index (Phi) is 5.78. The van der Waals surface area contributed by atoms with Gasteiger partial charge in [-0.3, -0.25) is 4.90 Å². The molecule has 2 amide bonds. The summed E-state index contributed by atoms with van der Waals surface area (Å²) < 4.78 is 10.6. The first-order chi connectivity index (χ1) is 12.6. The summed E-state index contributed by atoms with van der Waals surface area (Å²) in [6, 6.07) is 6.46. The molecule has 0 spiro atoms. The van der Waals surface area contributed by atoms with Gasteiger partial charge in [0, 0.05) is 12.2 Å². The Balaban J connectivity index is 2.00. The van der Waals surface area contributed by atoms with Crippen molar-refractivity contribution in [1.82, 2.24) is 15.5 Å². The Morgan fingerprint density at radius 1 is 1.31 bits per heavy atom. The van der Waals surface area contributed by atoms with E-state index < -0.39 is 12.0 Å². The highest BCUT2D eigenvalue weighted by atomic mass is 16.5. The summed E-state index contributed by atoms with van der Waals surface area (Å²) in [5.41, 5.74) is 1.84. The molecule has 1 fully saturated rings. The van der Waals surface area contributed by atoms with Crippen molar-refractivity contribution in [2.24, 2.45) is 0 Å². The Morgan fingerprint density at radius 2 is 2.08 bits per heavy atom. The molecule has 1 aromatic rings. The lowest BCUT2D eigenvalue weighted by atomic mass is 9.94. The first kappa shape index (κ1) is 18.3. The molecular weight excluding hydrogens is 334 g/mol. The number of carbonyl (C=O) groups excluding carboxylic acids is 2. The number of carbonyl (C=O) groups is 2. The lowest BCUT2D eigenvalue weighted by Crippen LogP contribution is -2.48. The topological polar surface area (TPSA) is 79.9 Å². The van der Waals surface area contributed by atoms with E-state index in [2.05, 4.69) is 15.5 Å². The molecule has 0 aromatic heterocycles. The summed E-state index contributed by atoms with van der Waals surface area (Å²) in [4.78, 5) is 27.2. The van der Waals surface area contributed by atoms with E-state index in [4.69, 9.17) is 9.47 Å². The molecule has 7 nitrogen and oxygen atoms in total. The van der Waals surface area contributed by atoms with Gasteiger partial charge in [0.15, 0.2) is 0 Å². The maximum atomic E-state index is 12.7. The highest BCUT2D eigenvalue weighted by Crippen LogP contribution is 2.30. The first-order valence-corrected chi connectivity index (χ1v) is 8.96. The van der Waals surface area contributed by atoms with E-state index >= 15 is 0 Å². The molecule has 1 aromatic carbocycles. The summed E-state index contributed by atoms with van der Waals surface area (Å²) in [5.74, 6) is 0.251. The Labute approximate surface area is 153 Å². The van der Waals surface area contributed by atoms with Crippen LogP contribution in [0.5, 0.6) is 5.75 Å². The van der Waals surface area contributed by atoms with Crippen LogP contribution in [-0.2, 0) is 9.53 Å². The van der Waals surface area contributed by atoms with Gasteiger partial charge in [0.1, 0.15) is 5.75 Å². The second-order valence-corrected chi connectivity index (χ2v) is 6.40. The summed E-state index contributed by atoms with van der Waals surface area (Å²) in [6.45, 7) is 4.51. The van der Waals surface area contributed by atoms with Gasteiger partial charge < -0.3 is 20.1 Å². The van der Waals surface area contributed by atoms with E-state index in [0.29, 0.717) is 23.6 Å². The van der Waals surface area contributed by atoms with Gasteiger partial charge in [0.2, 0.25) is 0 Å². The maximum absolute atomic E-state index is 12.7. The van der Waals surface area contributed by atoms with E-state index in [-0.39, 0.29) is 12.6 Å². The van der Waals surface area contributed by atoms with Crippen molar-refractivity contribution in [2.45, 2.75) is 25.8 Å². The predicted molar refractivity (Wildman–Crippen MR) is 96.7 cm³/mol. The van der Waals surface area contributed by atoms with Crippen LogP contribution in [0.2, 0.25) is 0 Å². The molecule has 3 rings (SSSR count). The normalized spacial score (nSPS) is 20.5. The van der Waals surface area contributed by atoms with Gasteiger partial charge in [0.25, 0.3) is 0 Å². The number of amides is 2. The number of rotatable bonds is 6. The lowest BCUT2D eigenvalue weighted by Gasteiger charge is -2.31. The standard InChI is InChI=1S/C19H25N3O4/c1-3-26-18(23)16-15(12-22-9-4-5-10-22)20-19(24)21-17(16)13-7-6-8-14(11-13)25-2/h6-8,11,17H,3-5,9-10,12H2,1-2H3,(H2,20,21,24)/t17-/m0/s1. The van der Waals surface area contributed by atoms with Crippen LogP contribution < -0.4 is 15.4 Å². The minimum absolute atomic E-state index is 0.276. The highest BCUT2D eigenvalue weighted by Gasteiger charge is 2.34. The molecular formula is C19H25N3O4. The SMILES string of the molecule is CCOC(=O)C1=C(CN2CCCC2)NC(=O)N[C@H]1c1cccc(OC)c1. The van der Waals surface area contributed by atoms with E-state index in [1.807, 2.05) is 24.3 Å². The Bertz CT molecular complexity index is 710. The van der Waals surface area contributed by atoms with Crippen molar-refractivity contribution >= 4 is 12.0 Å². The molecule has 0 radical (unpaired) electrons. The van der Waals surface area contributed by atoms with Gasteiger partial charge in [0.05, 0.1) is 25.3 Å². The fraction of sp³-hybridized carbons (Fsp3) is 0.474. The van der Waals surface area contributed by atoms with Crippen LogP contribution in [0.15, 0.2) is 35.5 Å². The first-order valence-electron chi connectivity index (χ1n) is 8.96. The average Bonchev–Trinajstić information content (AvgIpc) is 3.14. The fourth-order valence-electron chi connectivity index (χ4n) is 3.43. The number of esters is 1. The monoisotopic (exact) mass is 359 g/mol. The van der Waals surface area contributed by atoms with Crippen molar-refractivity contribution < 1.29 is 19.1 Å². The zero-order chi connectivity index (χ0) is 18.5. The minimum atomic E-state index is -0.574. The number of urea groups is 1. The highest BCUT2D eigenvalue weighted by molar-refractivity contribution is 5.95. The second-order valence-electron chi connectivity index (χ2n) is 6.40. The van der Waals surface area contributed by atoms with Gasteiger partial charge in [-0.1, -0.05) is 12.1 Å². The molecule has 1 atom stereocenters. The van der Waals surface area contributed by atoms with Gasteiger partial charge >= 0.3 is 12.0 Å². The number of nitrogens with one attached hydrogen (secondary N) is 2. The van der Waals surface area contributed by atoms with Gasteiger partial charge in [-0.15, -0.1) is 0 Å². The Hall–Kier alpha value is -2.54. The number of methoxy groups -OCH3 is 1. The van der Waals surface area contributed by atoms with E-state index in [9.17, 15) is 9.59 Å². The fourth-order valence-corrected chi connectivity index (χ4v) is 3.43. The van der Waals surface area contributed by atoms with Crippen molar-refractivity contribution in [3.8, 4) is 5.75 Å². The zero-order valence-electron chi connectivity index (χ0n) is 15.2. The van der Waals surface area contributed by atoms with E-state index in [1.54, 1.807) is 14.0 Å². The molecule has 140 valence electrons. The molecule has 0 aliphatic carbocycles. The number of hydrogen-bond donors (Lipinski definition) is 2. The van der Waals surface area contributed by atoms with Crippen LogP contribution in [0.4, 0.5) is 4.79 Å².